The van der Waals surface area contributed by atoms with Crippen LogP contribution in [0.2, 0.25) is 5.02 Å². The molecule has 1 amide bonds. The summed E-state index contributed by atoms with van der Waals surface area (Å²) in [5.41, 5.74) is 2.05. The minimum Gasteiger partial charge on any atom is -0.480 e. The lowest BCUT2D eigenvalue weighted by Gasteiger charge is -2.11. The molecule has 0 radical (unpaired) electrons. The Hall–Kier alpha value is -2.00. The van der Waals surface area contributed by atoms with E-state index in [-0.39, 0.29) is 5.91 Å². The third-order valence-corrected chi connectivity index (χ3v) is 3.53. The molecule has 3 nitrogen and oxygen atoms in total. The van der Waals surface area contributed by atoms with Crippen LogP contribution in [-0.4, -0.2) is 12.0 Å². The predicted octanol–water partition coefficient (Wildman–Crippen LogP) is 2.96. The molecule has 1 atom stereocenters. The van der Waals surface area contributed by atoms with Gasteiger partial charge < -0.3 is 10.1 Å². The van der Waals surface area contributed by atoms with Crippen molar-refractivity contribution in [1.82, 2.24) is 5.32 Å². The van der Waals surface area contributed by atoms with Gasteiger partial charge in [-0.25, -0.2) is 0 Å². The van der Waals surface area contributed by atoms with Gasteiger partial charge in [-0.15, -0.1) is 0 Å². The van der Waals surface area contributed by atoms with Crippen molar-refractivity contribution in [3.05, 3.63) is 64.7 Å². The van der Waals surface area contributed by atoms with Gasteiger partial charge in [-0.2, -0.15) is 0 Å². The molecule has 1 heterocycles. The fourth-order valence-electron chi connectivity index (χ4n) is 2.28. The molecule has 0 saturated heterocycles. The molecule has 2 aromatic carbocycles. The summed E-state index contributed by atoms with van der Waals surface area (Å²) in [5, 5.41) is 3.55. The fraction of sp³-hybridized carbons (Fsp3) is 0.188. The van der Waals surface area contributed by atoms with Crippen LogP contribution in [0.5, 0.6) is 5.75 Å². The van der Waals surface area contributed by atoms with Crippen molar-refractivity contribution in [3.63, 3.8) is 0 Å². The monoisotopic (exact) mass is 287 g/mol. The highest BCUT2D eigenvalue weighted by atomic mass is 35.5. The number of ether oxygens (including phenoxy) is 1. The molecule has 0 bridgehead atoms. The second kappa shape index (κ2) is 5.55. The Morgan fingerprint density at radius 3 is 2.90 bits per heavy atom. The van der Waals surface area contributed by atoms with Crippen molar-refractivity contribution in [3.8, 4) is 5.75 Å². The number of para-hydroxylation sites is 1. The second-order valence-electron chi connectivity index (χ2n) is 4.77. The highest BCUT2D eigenvalue weighted by molar-refractivity contribution is 6.30. The molecule has 3 rings (SSSR count). The molecule has 102 valence electrons. The van der Waals surface area contributed by atoms with Gasteiger partial charge in [0.05, 0.1) is 0 Å². The van der Waals surface area contributed by atoms with Crippen molar-refractivity contribution >= 4 is 17.5 Å². The number of hydrogen-bond acceptors (Lipinski definition) is 2. The van der Waals surface area contributed by atoms with Crippen LogP contribution in [0.4, 0.5) is 0 Å². The largest absolute Gasteiger partial charge is 0.480 e. The third kappa shape index (κ3) is 2.78. The lowest BCUT2D eigenvalue weighted by Crippen LogP contribution is -2.36. The molecular formula is C16H14ClNO2. The molecule has 1 N–H and O–H groups in total. The fourth-order valence-corrected chi connectivity index (χ4v) is 2.49. The molecule has 0 aliphatic carbocycles. The summed E-state index contributed by atoms with van der Waals surface area (Å²) < 4.78 is 5.64. The third-order valence-electron chi connectivity index (χ3n) is 3.30. The quantitative estimate of drug-likeness (QED) is 0.942. The second-order valence-corrected chi connectivity index (χ2v) is 5.20. The molecule has 20 heavy (non-hydrogen) atoms. The van der Waals surface area contributed by atoms with E-state index in [4.69, 9.17) is 16.3 Å². The SMILES string of the molecule is O=C(NCc1cccc(Cl)c1)C1Cc2ccccc2O1. The van der Waals surface area contributed by atoms with Crippen LogP contribution in [-0.2, 0) is 17.8 Å². The molecule has 0 fully saturated rings. The minimum atomic E-state index is -0.438. The first kappa shape index (κ1) is 13.0. The average molecular weight is 288 g/mol. The van der Waals surface area contributed by atoms with Crippen molar-refractivity contribution in [2.24, 2.45) is 0 Å². The molecule has 1 aliphatic heterocycles. The van der Waals surface area contributed by atoms with Gasteiger partial charge in [0, 0.05) is 18.0 Å². The van der Waals surface area contributed by atoms with Crippen LogP contribution >= 0.6 is 11.6 Å². The molecule has 0 saturated carbocycles. The number of benzene rings is 2. The Morgan fingerprint density at radius 1 is 1.25 bits per heavy atom. The maximum Gasteiger partial charge on any atom is 0.261 e. The first-order chi connectivity index (χ1) is 9.72. The van der Waals surface area contributed by atoms with E-state index >= 15 is 0 Å². The van der Waals surface area contributed by atoms with Gasteiger partial charge in [-0.3, -0.25) is 4.79 Å². The van der Waals surface area contributed by atoms with E-state index in [9.17, 15) is 4.79 Å². The summed E-state index contributed by atoms with van der Waals surface area (Å²) in [6.45, 7) is 0.454. The number of rotatable bonds is 3. The van der Waals surface area contributed by atoms with Crippen LogP contribution in [0.1, 0.15) is 11.1 Å². The minimum absolute atomic E-state index is 0.0961. The maximum atomic E-state index is 12.1. The number of amides is 1. The summed E-state index contributed by atoms with van der Waals surface area (Å²) in [7, 11) is 0. The van der Waals surface area contributed by atoms with Crippen molar-refractivity contribution in [2.45, 2.75) is 19.1 Å². The van der Waals surface area contributed by atoms with Gasteiger partial charge in [0.25, 0.3) is 5.91 Å². The van der Waals surface area contributed by atoms with E-state index in [1.807, 2.05) is 48.5 Å². The van der Waals surface area contributed by atoms with Crippen molar-refractivity contribution in [1.29, 1.82) is 0 Å². The van der Waals surface area contributed by atoms with E-state index in [2.05, 4.69) is 5.32 Å². The van der Waals surface area contributed by atoms with Crippen LogP contribution < -0.4 is 10.1 Å². The Bertz CT molecular complexity index is 617. The van der Waals surface area contributed by atoms with Crippen LogP contribution in [0, 0.1) is 0 Å². The van der Waals surface area contributed by atoms with Crippen molar-refractivity contribution in [2.75, 3.05) is 0 Å². The first-order valence-electron chi connectivity index (χ1n) is 6.49. The number of halogens is 1. The standard InChI is InChI=1S/C16H14ClNO2/c17-13-6-3-4-11(8-13)10-18-16(19)15-9-12-5-1-2-7-14(12)20-15/h1-8,15H,9-10H2,(H,18,19). The number of carbonyl (C=O) groups is 1. The molecule has 1 aliphatic rings. The summed E-state index contributed by atoms with van der Waals surface area (Å²) in [6.07, 6.45) is 0.184. The van der Waals surface area contributed by atoms with Gasteiger partial charge >= 0.3 is 0 Å². The summed E-state index contributed by atoms with van der Waals surface area (Å²) in [5.74, 6) is 0.705. The van der Waals surface area contributed by atoms with E-state index in [0.717, 1.165) is 16.9 Å². The zero-order chi connectivity index (χ0) is 13.9. The summed E-state index contributed by atoms with van der Waals surface area (Å²) >= 11 is 5.91. The highest BCUT2D eigenvalue weighted by Crippen LogP contribution is 2.28. The lowest BCUT2D eigenvalue weighted by molar-refractivity contribution is -0.127. The van der Waals surface area contributed by atoms with Gasteiger partial charge in [0.2, 0.25) is 0 Å². The summed E-state index contributed by atoms with van der Waals surface area (Å²) in [6, 6.07) is 15.2. The van der Waals surface area contributed by atoms with Crippen LogP contribution in [0.25, 0.3) is 0 Å². The topological polar surface area (TPSA) is 38.3 Å². The molecule has 2 aromatic rings. The number of hydrogen-bond donors (Lipinski definition) is 1. The Morgan fingerprint density at radius 2 is 2.10 bits per heavy atom. The van der Waals surface area contributed by atoms with Crippen molar-refractivity contribution < 1.29 is 9.53 Å². The zero-order valence-electron chi connectivity index (χ0n) is 10.8. The van der Waals surface area contributed by atoms with E-state index in [1.165, 1.54) is 0 Å². The number of carbonyl (C=O) groups excluding carboxylic acids is 1. The molecular weight excluding hydrogens is 274 g/mol. The van der Waals surface area contributed by atoms with Gasteiger partial charge in [-0.05, 0) is 29.3 Å². The maximum absolute atomic E-state index is 12.1. The first-order valence-corrected chi connectivity index (χ1v) is 6.87. The number of fused-ring (bicyclic) bond motifs is 1. The highest BCUT2D eigenvalue weighted by Gasteiger charge is 2.28. The summed E-state index contributed by atoms with van der Waals surface area (Å²) in [4.78, 5) is 12.1. The zero-order valence-corrected chi connectivity index (χ0v) is 11.6. The van der Waals surface area contributed by atoms with E-state index in [1.54, 1.807) is 0 Å². The Labute approximate surface area is 122 Å². The molecule has 0 spiro atoms. The van der Waals surface area contributed by atoms with Gasteiger partial charge in [0.15, 0.2) is 6.10 Å². The van der Waals surface area contributed by atoms with Gasteiger partial charge in [0.1, 0.15) is 5.75 Å². The normalized spacial score (nSPS) is 16.4. The van der Waals surface area contributed by atoms with Crippen LogP contribution in [0.15, 0.2) is 48.5 Å². The smallest absolute Gasteiger partial charge is 0.261 e. The number of nitrogens with one attached hydrogen (secondary N) is 1. The van der Waals surface area contributed by atoms with E-state index in [0.29, 0.717) is 18.0 Å². The molecule has 4 heteroatoms. The Kier molecular flexibility index (Phi) is 3.61. The molecule has 0 aromatic heterocycles. The average Bonchev–Trinajstić information content (AvgIpc) is 2.89. The molecule has 1 unspecified atom stereocenters. The van der Waals surface area contributed by atoms with E-state index < -0.39 is 6.10 Å². The lowest BCUT2D eigenvalue weighted by atomic mass is 10.1. The predicted molar refractivity (Wildman–Crippen MR) is 77.9 cm³/mol. The Balaban J connectivity index is 1.59. The van der Waals surface area contributed by atoms with Gasteiger partial charge in [-0.1, -0.05) is 41.9 Å². The van der Waals surface area contributed by atoms with Crippen LogP contribution in [0.3, 0.4) is 0 Å².